The van der Waals surface area contributed by atoms with Gasteiger partial charge in [-0.25, -0.2) is 9.59 Å². The Morgan fingerprint density at radius 1 is 1.40 bits per heavy atom. The van der Waals surface area contributed by atoms with Crippen LogP contribution in [0, 0.1) is 5.92 Å². The molecule has 7 heteroatoms. The Bertz CT molecular complexity index is 637. The van der Waals surface area contributed by atoms with E-state index in [2.05, 4.69) is 0 Å². The summed E-state index contributed by atoms with van der Waals surface area (Å²) in [5.41, 5.74) is -0.551. The van der Waals surface area contributed by atoms with E-state index in [9.17, 15) is 19.8 Å². The lowest BCUT2D eigenvalue weighted by Crippen LogP contribution is -2.45. The summed E-state index contributed by atoms with van der Waals surface area (Å²) in [7, 11) is 0. The highest BCUT2D eigenvalue weighted by Gasteiger charge is 2.49. The molecule has 0 amide bonds. The van der Waals surface area contributed by atoms with E-state index in [0.717, 1.165) is 5.57 Å². The number of nitrogens with zero attached hydrogens (tertiary/aromatic N) is 1. The van der Waals surface area contributed by atoms with Gasteiger partial charge in [-0.15, -0.1) is 0 Å². The van der Waals surface area contributed by atoms with E-state index in [0.29, 0.717) is 18.7 Å². The van der Waals surface area contributed by atoms with E-state index >= 15 is 0 Å². The van der Waals surface area contributed by atoms with Gasteiger partial charge in [-0.2, -0.15) is 0 Å². The van der Waals surface area contributed by atoms with Crippen molar-refractivity contribution in [3.8, 4) is 0 Å². The second kappa shape index (κ2) is 6.55. The highest BCUT2D eigenvalue weighted by Crippen LogP contribution is 2.34. The maximum absolute atomic E-state index is 12.6. The quantitative estimate of drug-likeness (QED) is 0.365. The monoisotopic (exact) mass is 351 g/mol. The Hall–Kier alpha value is -1.70. The molecule has 0 spiro atoms. The first-order valence-electron chi connectivity index (χ1n) is 8.62. The number of allylic oxidation sites excluding steroid dienone is 1. The molecule has 5 atom stereocenters. The number of rotatable bonds is 0. The molecule has 25 heavy (non-hydrogen) atoms. The van der Waals surface area contributed by atoms with E-state index in [1.807, 2.05) is 11.0 Å². The predicted molar refractivity (Wildman–Crippen MR) is 88.5 cm³/mol. The molecule has 0 radical (unpaired) electrons. The fourth-order valence-electron chi connectivity index (χ4n) is 3.70. The minimum atomic E-state index is -1.71. The van der Waals surface area contributed by atoms with Crippen molar-refractivity contribution in [2.24, 2.45) is 5.92 Å². The molecule has 0 unspecified atom stereocenters. The maximum atomic E-state index is 12.6. The van der Waals surface area contributed by atoms with Crippen LogP contribution in [0.5, 0.6) is 0 Å². The lowest BCUT2D eigenvalue weighted by molar-refractivity contribution is -0.169. The van der Waals surface area contributed by atoms with Crippen LogP contribution in [0.2, 0.25) is 0 Å². The molecule has 0 bridgehead atoms. The molecule has 0 aromatic rings. The SMILES string of the molecule is C/C=C1/C[C@@H](C)[C@](C)(O)C(=O)OCC2=CCN3C[C@H](O)[C@H](OC1=O)[C@H]23. The number of aliphatic hydroxyl groups is 2. The van der Waals surface area contributed by atoms with E-state index in [4.69, 9.17) is 9.47 Å². The number of carbonyl (C=O) groups is 2. The maximum Gasteiger partial charge on any atom is 0.338 e. The zero-order valence-corrected chi connectivity index (χ0v) is 14.8. The summed E-state index contributed by atoms with van der Waals surface area (Å²) >= 11 is 0. The third-order valence-corrected chi connectivity index (χ3v) is 5.60. The van der Waals surface area contributed by atoms with Gasteiger partial charge >= 0.3 is 11.9 Å². The molecule has 2 saturated heterocycles. The van der Waals surface area contributed by atoms with Crippen LogP contribution >= 0.6 is 0 Å². The third kappa shape index (κ3) is 3.12. The highest BCUT2D eigenvalue weighted by molar-refractivity contribution is 5.89. The Morgan fingerprint density at radius 3 is 2.80 bits per heavy atom. The van der Waals surface area contributed by atoms with Gasteiger partial charge in [0.15, 0.2) is 5.60 Å². The molecule has 3 heterocycles. The summed E-state index contributed by atoms with van der Waals surface area (Å²) < 4.78 is 11.0. The number of hydrogen-bond acceptors (Lipinski definition) is 7. The standard InChI is InChI=1S/C18H25NO6/c1-4-11-7-10(2)18(3,23)17(22)24-9-12-5-6-19-8-13(20)15(14(12)19)25-16(11)21/h4-5,10,13-15,20,23H,6-9H2,1-3H3/b11-4-/t10-,13+,14+,15+,18+/m1/s1. The second-order valence-corrected chi connectivity index (χ2v) is 7.26. The van der Waals surface area contributed by atoms with Crippen molar-refractivity contribution in [1.29, 1.82) is 0 Å². The average molecular weight is 351 g/mol. The van der Waals surface area contributed by atoms with Gasteiger partial charge in [-0.05, 0) is 31.8 Å². The van der Waals surface area contributed by atoms with Gasteiger partial charge in [0, 0.05) is 18.7 Å². The molecule has 0 saturated carbocycles. The number of esters is 2. The summed E-state index contributed by atoms with van der Waals surface area (Å²) in [6.07, 6.45) is 2.25. The van der Waals surface area contributed by atoms with Crippen LogP contribution < -0.4 is 0 Å². The molecule has 2 N–H and O–H groups in total. The van der Waals surface area contributed by atoms with Crippen LogP contribution in [0.4, 0.5) is 0 Å². The Balaban J connectivity index is 1.94. The molecular formula is C18H25NO6. The third-order valence-electron chi connectivity index (χ3n) is 5.60. The molecular weight excluding hydrogens is 326 g/mol. The number of ether oxygens (including phenoxy) is 2. The fourth-order valence-corrected chi connectivity index (χ4v) is 3.70. The van der Waals surface area contributed by atoms with Gasteiger partial charge in [0.1, 0.15) is 18.8 Å². The summed E-state index contributed by atoms with van der Waals surface area (Å²) in [4.78, 5) is 26.9. The van der Waals surface area contributed by atoms with Crippen LogP contribution in [0.3, 0.4) is 0 Å². The Labute approximate surface area is 146 Å². The summed E-state index contributed by atoms with van der Waals surface area (Å²) in [5.74, 6) is -1.76. The average Bonchev–Trinajstić information content (AvgIpc) is 3.08. The predicted octanol–water partition coefficient (Wildman–Crippen LogP) is 0.164. The van der Waals surface area contributed by atoms with Crippen molar-refractivity contribution < 1.29 is 29.3 Å². The summed E-state index contributed by atoms with van der Waals surface area (Å²) in [6.45, 7) is 5.82. The topological polar surface area (TPSA) is 96.3 Å². The molecule has 3 rings (SSSR count). The second-order valence-electron chi connectivity index (χ2n) is 7.26. The van der Waals surface area contributed by atoms with Gasteiger partial charge in [0.25, 0.3) is 0 Å². The molecule has 3 aliphatic rings. The van der Waals surface area contributed by atoms with E-state index in [1.165, 1.54) is 6.92 Å². The molecule has 3 aliphatic heterocycles. The smallest absolute Gasteiger partial charge is 0.338 e. The summed E-state index contributed by atoms with van der Waals surface area (Å²) in [6, 6.07) is -0.299. The van der Waals surface area contributed by atoms with Crippen molar-refractivity contribution in [3.63, 3.8) is 0 Å². The van der Waals surface area contributed by atoms with Crippen LogP contribution in [0.25, 0.3) is 0 Å². The zero-order valence-electron chi connectivity index (χ0n) is 14.8. The molecule has 0 aliphatic carbocycles. The van der Waals surface area contributed by atoms with E-state index in [1.54, 1.807) is 19.9 Å². The number of cyclic esters (lactones) is 1. The molecule has 0 aromatic heterocycles. The summed E-state index contributed by atoms with van der Waals surface area (Å²) in [5, 5.41) is 20.9. The number of carbonyl (C=O) groups excluding carboxylic acids is 2. The lowest BCUT2D eigenvalue weighted by Gasteiger charge is -2.31. The van der Waals surface area contributed by atoms with E-state index < -0.39 is 35.7 Å². The van der Waals surface area contributed by atoms with Crippen LogP contribution in [0.1, 0.15) is 27.2 Å². The normalized spacial score (nSPS) is 41.5. The van der Waals surface area contributed by atoms with Gasteiger partial charge in [0.2, 0.25) is 0 Å². The first-order chi connectivity index (χ1) is 11.8. The largest absolute Gasteiger partial charge is 0.459 e. The van der Waals surface area contributed by atoms with Crippen molar-refractivity contribution in [2.75, 3.05) is 19.7 Å². The Kier molecular flexibility index (Phi) is 4.74. The van der Waals surface area contributed by atoms with Crippen molar-refractivity contribution in [2.45, 2.75) is 51.0 Å². The van der Waals surface area contributed by atoms with Crippen LogP contribution in [0.15, 0.2) is 23.3 Å². The number of aliphatic hydroxyl groups excluding tert-OH is 1. The zero-order chi connectivity index (χ0) is 18.4. The van der Waals surface area contributed by atoms with Crippen molar-refractivity contribution >= 4 is 11.9 Å². The minimum Gasteiger partial charge on any atom is -0.459 e. The molecule has 0 aromatic carbocycles. The first-order valence-corrected chi connectivity index (χ1v) is 8.62. The number of hydrogen-bond donors (Lipinski definition) is 2. The van der Waals surface area contributed by atoms with Crippen LogP contribution in [-0.4, -0.2) is 70.6 Å². The minimum absolute atomic E-state index is 0.0140. The first kappa shape index (κ1) is 18.1. The molecule has 7 nitrogen and oxygen atoms in total. The van der Waals surface area contributed by atoms with Crippen LogP contribution in [-0.2, 0) is 19.1 Å². The van der Waals surface area contributed by atoms with Crippen molar-refractivity contribution in [3.05, 3.63) is 23.3 Å². The molecule has 138 valence electrons. The fraction of sp³-hybridized carbons (Fsp3) is 0.667. The van der Waals surface area contributed by atoms with Gasteiger partial charge < -0.3 is 19.7 Å². The highest BCUT2D eigenvalue weighted by atomic mass is 16.6. The van der Waals surface area contributed by atoms with E-state index in [-0.39, 0.29) is 19.1 Å². The van der Waals surface area contributed by atoms with Gasteiger partial charge in [0.05, 0.1) is 6.04 Å². The van der Waals surface area contributed by atoms with Gasteiger partial charge in [-0.3, -0.25) is 4.90 Å². The van der Waals surface area contributed by atoms with Gasteiger partial charge in [-0.1, -0.05) is 19.1 Å². The van der Waals surface area contributed by atoms with Crippen molar-refractivity contribution in [1.82, 2.24) is 4.90 Å². The molecule has 2 fully saturated rings. The Morgan fingerprint density at radius 2 is 2.12 bits per heavy atom. The lowest BCUT2D eigenvalue weighted by atomic mass is 9.85.